The van der Waals surface area contributed by atoms with Gasteiger partial charge in [0, 0.05) is 0 Å². The Morgan fingerprint density at radius 1 is 1.20 bits per heavy atom. The first-order chi connectivity index (χ1) is 4.86. The third-order valence-corrected chi connectivity index (χ3v) is 3.09. The standard InChI is InChI=1S/C10H17/c1-8(10-5-6-10)7-9-3-2-4-9/h7-10H,2-6H2,1H3. The molecule has 2 rings (SSSR count). The summed E-state index contributed by atoms with van der Waals surface area (Å²) in [5.41, 5.74) is 0. The Bertz CT molecular complexity index is 109. The summed E-state index contributed by atoms with van der Waals surface area (Å²) in [6.07, 6.45) is 10.1. The molecule has 2 saturated carbocycles. The van der Waals surface area contributed by atoms with E-state index >= 15 is 0 Å². The molecule has 10 heavy (non-hydrogen) atoms. The van der Waals surface area contributed by atoms with E-state index < -0.39 is 0 Å². The van der Waals surface area contributed by atoms with Gasteiger partial charge in [-0.2, -0.15) is 0 Å². The van der Waals surface area contributed by atoms with Crippen LogP contribution in [0.15, 0.2) is 0 Å². The molecule has 1 radical (unpaired) electrons. The zero-order valence-electron chi connectivity index (χ0n) is 6.84. The predicted molar refractivity (Wildman–Crippen MR) is 43.5 cm³/mol. The van der Waals surface area contributed by atoms with Crippen LogP contribution in [-0.4, -0.2) is 0 Å². The third-order valence-electron chi connectivity index (χ3n) is 3.09. The second kappa shape index (κ2) is 2.56. The van der Waals surface area contributed by atoms with Gasteiger partial charge in [0.1, 0.15) is 0 Å². The molecule has 0 amide bonds. The highest BCUT2D eigenvalue weighted by Gasteiger charge is 2.31. The van der Waals surface area contributed by atoms with Gasteiger partial charge in [0.25, 0.3) is 0 Å². The van der Waals surface area contributed by atoms with Crippen LogP contribution in [0.2, 0.25) is 0 Å². The molecule has 0 bridgehead atoms. The van der Waals surface area contributed by atoms with Gasteiger partial charge in [-0.1, -0.05) is 26.2 Å². The lowest BCUT2D eigenvalue weighted by Gasteiger charge is -2.27. The molecule has 0 heterocycles. The molecule has 0 aliphatic heterocycles. The van der Waals surface area contributed by atoms with Crippen molar-refractivity contribution in [3.05, 3.63) is 6.42 Å². The van der Waals surface area contributed by atoms with E-state index in [2.05, 4.69) is 13.3 Å². The van der Waals surface area contributed by atoms with Crippen LogP contribution in [-0.2, 0) is 0 Å². The quantitative estimate of drug-likeness (QED) is 0.561. The Labute approximate surface area is 64.0 Å². The largest absolute Gasteiger partial charge is 0.0620 e. The second-order valence-electron chi connectivity index (χ2n) is 4.08. The lowest BCUT2D eigenvalue weighted by molar-refractivity contribution is 0.324. The lowest BCUT2D eigenvalue weighted by Crippen LogP contribution is -2.16. The van der Waals surface area contributed by atoms with Crippen LogP contribution in [0.5, 0.6) is 0 Å². The minimum Gasteiger partial charge on any atom is -0.0620 e. The van der Waals surface area contributed by atoms with Gasteiger partial charge in [-0.05, 0) is 37.0 Å². The molecular weight excluding hydrogens is 120 g/mol. The van der Waals surface area contributed by atoms with E-state index in [4.69, 9.17) is 0 Å². The first-order valence-corrected chi connectivity index (χ1v) is 4.71. The van der Waals surface area contributed by atoms with Gasteiger partial charge in [-0.3, -0.25) is 0 Å². The summed E-state index contributed by atoms with van der Waals surface area (Å²) in [6, 6.07) is 0. The van der Waals surface area contributed by atoms with Gasteiger partial charge in [-0.15, -0.1) is 0 Å². The van der Waals surface area contributed by atoms with Crippen molar-refractivity contribution < 1.29 is 0 Å². The van der Waals surface area contributed by atoms with Gasteiger partial charge >= 0.3 is 0 Å². The molecular formula is C10H17. The van der Waals surface area contributed by atoms with Crippen LogP contribution in [0.4, 0.5) is 0 Å². The molecule has 0 N–H and O–H groups in total. The van der Waals surface area contributed by atoms with Crippen LogP contribution in [0.1, 0.15) is 39.0 Å². The summed E-state index contributed by atoms with van der Waals surface area (Å²) in [7, 11) is 0. The monoisotopic (exact) mass is 137 g/mol. The smallest absolute Gasteiger partial charge is 0.0324 e. The Morgan fingerprint density at radius 3 is 2.30 bits per heavy atom. The van der Waals surface area contributed by atoms with E-state index in [1.807, 2.05) is 0 Å². The molecule has 0 heteroatoms. The van der Waals surface area contributed by atoms with Crippen molar-refractivity contribution in [1.82, 2.24) is 0 Å². The van der Waals surface area contributed by atoms with Crippen molar-refractivity contribution in [3.8, 4) is 0 Å². The van der Waals surface area contributed by atoms with E-state index in [-0.39, 0.29) is 0 Å². The highest BCUT2D eigenvalue weighted by Crippen LogP contribution is 2.42. The highest BCUT2D eigenvalue weighted by molar-refractivity contribution is 4.93. The molecule has 57 valence electrons. The zero-order chi connectivity index (χ0) is 6.97. The first kappa shape index (κ1) is 6.69. The maximum absolute atomic E-state index is 2.61. The summed E-state index contributed by atoms with van der Waals surface area (Å²) < 4.78 is 0. The predicted octanol–water partition coefficient (Wildman–Crippen LogP) is 3.04. The highest BCUT2D eigenvalue weighted by atomic mass is 14.4. The molecule has 1 unspecified atom stereocenters. The van der Waals surface area contributed by atoms with Crippen molar-refractivity contribution >= 4 is 0 Å². The molecule has 2 fully saturated rings. The van der Waals surface area contributed by atoms with Crippen LogP contribution in [0.3, 0.4) is 0 Å². The Morgan fingerprint density at radius 2 is 1.90 bits per heavy atom. The Hall–Kier alpha value is 0. The minimum absolute atomic E-state index is 0.935. The summed E-state index contributed by atoms with van der Waals surface area (Å²) in [6.45, 7) is 2.40. The Balaban J connectivity index is 1.67. The fourth-order valence-corrected chi connectivity index (χ4v) is 1.84. The minimum atomic E-state index is 0.935. The second-order valence-corrected chi connectivity index (χ2v) is 4.08. The van der Waals surface area contributed by atoms with Crippen molar-refractivity contribution in [3.63, 3.8) is 0 Å². The first-order valence-electron chi connectivity index (χ1n) is 4.71. The normalized spacial score (nSPS) is 29.7. The summed E-state index contributed by atoms with van der Waals surface area (Å²) in [4.78, 5) is 0. The summed E-state index contributed by atoms with van der Waals surface area (Å²) in [5.74, 6) is 3.03. The average molecular weight is 137 g/mol. The fourth-order valence-electron chi connectivity index (χ4n) is 1.84. The molecule has 0 aromatic heterocycles. The summed E-state index contributed by atoms with van der Waals surface area (Å²) >= 11 is 0. The molecule has 0 spiro atoms. The fraction of sp³-hybridized carbons (Fsp3) is 0.900. The van der Waals surface area contributed by atoms with Crippen molar-refractivity contribution in [2.45, 2.75) is 39.0 Å². The van der Waals surface area contributed by atoms with Gasteiger partial charge < -0.3 is 0 Å². The number of hydrogen-bond acceptors (Lipinski definition) is 0. The van der Waals surface area contributed by atoms with Gasteiger partial charge in [-0.25, -0.2) is 0 Å². The maximum Gasteiger partial charge on any atom is -0.0324 e. The average Bonchev–Trinajstić information content (AvgIpc) is 2.58. The molecule has 0 aromatic rings. The van der Waals surface area contributed by atoms with Crippen LogP contribution < -0.4 is 0 Å². The van der Waals surface area contributed by atoms with Gasteiger partial charge in [0.05, 0.1) is 0 Å². The molecule has 0 saturated heterocycles. The van der Waals surface area contributed by atoms with Gasteiger partial charge in [0.2, 0.25) is 0 Å². The number of rotatable bonds is 3. The molecule has 1 atom stereocenters. The van der Waals surface area contributed by atoms with Crippen molar-refractivity contribution in [2.75, 3.05) is 0 Å². The van der Waals surface area contributed by atoms with E-state index in [0.717, 1.165) is 17.8 Å². The van der Waals surface area contributed by atoms with E-state index in [1.165, 1.54) is 32.1 Å². The molecule has 2 aliphatic rings. The van der Waals surface area contributed by atoms with Crippen molar-refractivity contribution in [1.29, 1.82) is 0 Å². The van der Waals surface area contributed by atoms with Gasteiger partial charge in [0.15, 0.2) is 0 Å². The van der Waals surface area contributed by atoms with E-state index in [1.54, 1.807) is 0 Å². The zero-order valence-corrected chi connectivity index (χ0v) is 6.84. The Kier molecular flexibility index (Phi) is 1.71. The molecule has 0 nitrogen and oxygen atoms in total. The van der Waals surface area contributed by atoms with Crippen molar-refractivity contribution in [2.24, 2.45) is 17.8 Å². The maximum atomic E-state index is 2.61. The van der Waals surface area contributed by atoms with E-state index in [0.29, 0.717) is 0 Å². The van der Waals surface area contributed by atoms with E-state index in [9.17, 15) is 0 Å². The molecule has 0 aromatic carbocycles. The number of hydrogen-bond donors (Lipinski definition) is 0. The SMILES string of the molecule is CC([CH]C1CCC1)C1CC1. The van der Waals surface area contributed by atoms with Crippen LogP contribution >= 0.6 is 0 Å². The lowest BCUT2D eigenvalue weighted by atomic mass is 9.78. The third kappa shape index (κ3) is 1.36. The molecule has 2 aliphatic carbocycles. The topological polar surface area (TPSA) is 0 Å². The summed E-state index contributed by atoms with van der Waals surface area (Å²) in [5, 5.41) is 0. The van der Waals surface area contributed by atoms with Crippen LogP contribution in [0.25, 0.3) is 0 Å². The van der Waals surface area contributed by atoms with Crippen LogP contribution in [0, 0.1) is 24.2 Å².